The topological polar surface area (TPSA) is 113 Å². The van der Waals surface area contributed by atoms with E-state index in [1.165, 1.54) is 11.0 Å². The number of ether oxygens (including phenoxy) is 3. The fraction of sp³-hybridized carbons (Fsp3) is 0.459. The molecule has 0 radical (unpaired) electrons. The highest BCUT2D eigenvalue weighted by atomic mass is 35.5. The van der Waals surface area contributed by atoms with E-state index in [2.05, 4.69) is 15.3 Å². The molecule has 4 aromatic rings. The number of rotatable bonds is 8. The van der Waals surface area contributed by atoms with Crippen LogP contribution in [-0.2, 0) is 4.74 Å². The zero-order chi connectivity index (χ0) is 38.7. The first-order chi connectivity index (χ1) is 25.6. The monoisotopic (exact) mass is 790 g/mol. The van der Waals surface area contributed by atoms with Crippen LogP contribution in [0.5, 0.6) is 11.8 Å². The number of alkyl halides is 3. The predicted octanol–water partition coefficient (Wildman–Crippen LogP) is 9.03. The number of thiophene rings is 1. The van der Waals surface area contributed by atoms with Crippen LogP contribution in [0.15, 0.2) is 24.3 Å². The number of hydrogen-bond donors (Lipinski definition) is 1. The smallest absolute Gasteiger partial charge is 0.412 e. The molecule has 0 aliphatic carbocycles. The quantitative estimate of drug-likeness (QED) is 0.138. The van der Waals surface area contributed by atoms with E-state index in [1.54, 1.807) is 39.8 Å². The molecule has 2 saturated heterocycles. The molecule has 1 N–H and O–H groups in total. The summed E-state index contributed by atoms with van der Waals surface area (Å²) in [4.78, 5) is 25.0. The van der Waals surface area contributed by atoms with Crippen molar-refractivity contribution in [1.29, 1.82) is 5.26 Å². The highest BCUT2D eigenvalue weighted by Gasteiger charge is 2.49. The van der Waals surface area contributed by atoms with Gasteiger partial charge in [0.25, 0.3) is 6.43 Å². The van der Waals surface area contributed by atoms with Crippen molar-refractivity contribution < 1.29 is 41.0 Å². The van der Waals surface area contributed by atoms with Crippen LogP contribution in [0.25, 0.3) is 32.1 Å². The summed E-state index contributed by atoms with van der Waals surface area (Å²) in [5.41, 5.74) is -2.42. The molecular formula is C37H36ClF5N6O4S. The zero-order valence-electron chi connectivity index (χ0n) is 29.7. The Morgan fingerprint density at radius 1 is 1.28 bits per heavy atom. The standard InChI is InChI=1S/C37H36ClF5N6O4S/c1-5-7-19-16-51-30-26-29(45-34(46-32(26)49(19)15-23(41)42)52-17-37-10-6-11-48(37)14-18(39)12-37)28(43)25(27(30)38)20-8-9-22(40)31-24(20)21(13-44)33(54-31)47-35(50)53-36(2,3)4/h5,7-9,18-19,23H,6,10-12,14-17H2,1-4H3,(H,47,50)/b7-5-/t18-,19+,37+/m1/s1. The van der Waals surface area contributed by atoms with Gasteiger partial charge in [-0.2, -0.15) is 15.2 Å². The second-order valence-corrected chi connectivity index (χ2v) is 15.9. The minimum absolute atomic E-state index is 0.0244. The van der Waals surface area contributed by atoms with Gasteiger partial charge in [0.05, 0.1) is 38.8 Å². The Morgan fingerprint density at radius 3 is 2.76 bits per heavy atom. The third-order valence-electron chi connectivity index (χ3n) is 9.78. The number of anilines is 2. The van der Waals surface area contributed by atoms with E-state index in [-0.39, 0.29) is 85.9 Å². The molecule has 3 atom stereocenters. The van der Waals surface area contributed by atoms with Crippen LogP contribution < -0.4 is 19.7 Å². The molecule has 0 saturated carbocycles. The second-order valence-electron chi connectivity index (χ2n) is 14.5. The fourth-order valence-electron chi connectivity index (χ4n) is 7.67. The van der Waals surface area contributed by atoms with E-state index in [9.17, 15) is 23.2 Å². The molecular weight excluding hydrogens is 755 g/mol. The molecule has 2 aromatic carbocycles. The summed E-state index contributed by atoms with van der Waals surface area (Å²) >= 11 is 7.76. The number of hydrogen-bond acceptors (Lipinski definition) is 10. The Balaban J connectivity index is 1.44. The number of carbonyl (C=O) groups is 1. The highest BCUT2D eigenvalue weighted by Crippen LogP contribution is 2.51. The number of allylic oxidation sites excluding steroid dienone is 1. The molecule has 2 aromatic heterocycles. The summed E-state index contributed by atoms with van der Waals surface area (Å²) in [5.74, 6) is -2.03. The van der Waals surface area contributed by atoms with Gasteiger partial charge in [-0.15, -0.1) is 11.3 Å². The number of amides is 1. The Labute approximate surface area is 316 Å². The SMILES string of the molecule is C/C=C\[C@H]1COc2c(Cl)c(-c3ccc(F)c4sc(NC(=O)OC(C)(C)C)c(C#N)c34)c(F)c3nc(OC[C@@]45CCCN4C[C@H](F)C5)nc(c23)N1CC(F)F. The van der Waals surface area contributed by atoms with Gasteiger partial charge in [-0.25, -0.2) is 26.7 Å². The van der Waals surface area contributed by atoms with Crippen molar-refractivity contribution in [3.63, 3.8) is 0 Å². The minimum Gasteiger partial charge on any atom is -0.489 e. The molecule has 0 unspecified atom stereocenters. The summed E-state index contributed by atoms with van der Waals surface area (Å²) in [7, 11) is 0. The van der Waals surface area contributed by atoms with Gasteiger partial charge in [0.15, 0.2) is 11.6 Å². The molecule has 1 amide bonds. The lowest BCUT2D eigenvalue weighted by Crippen LogP contribution is -2.43. The summed E-state index contributed by atoms with van der Waals surface area (Å²) in [6.07, 6.45) is 0.238. The van der Waals surface area contributed by atoms with Crippen molar-refractivity contribution in [2.24, 2.45) is 0 Å². The first-order valence-corrected chi connectivity index (χ1v) is 18.5. The number of fused-ring (bicyclic) bond motifs is 2. The van der Waals surface area contributed by atoms with Crippen LogP contribution in [0.3, 0.4) is 0 Å². The number of benzene rings is 2. The maximum absolute atomic E-state index is 17.4. The summed E-state index contributed by atoms with van der Waals surface area (Å²) in [5, 5.41) is 12.3. The second kappa shape index (κ2) is 14.3. The Hall–Kier alpha value is -4.46. The minimum atomic E-state index is -2.84. The van der Waals surface area contributed by atoms with Crippen molar-refractivity contribution in [3.05, 3.63) is 46.5 Å². The average Bonchev–Trinajstić information content (AvgIpc) is 3.72. The normalized spacial score (nSPS) is 21.5. The van der Waals surface area contributed by atoms with Gasteiger partial charge in [0.2, 0.25) is 0 Å². The first kappa shape index (κ1) is 37.8. The lowest BCUT2D eigenvalue weighted by molar-refractivity contribution is 0.0636. The van der Waals surface area contributed by atoms with E-state index in [0.29, 0.717) is 13.0 Å². The molecule has 286 valence electrons. The van der Waals surface area contributed by atoms with Gasteiger partial charge < -0.3 is 19.1 Å². The predicted molar refractivity (Wildman–Crippen MR) is 196 cm³/mol. The van der Waals surface area contributed by atoms with Crippen LogP contribution >= 0.6 is 22.9 Å². The molecule has 54 heavy (non-hydrogen) atoms. The van der Waals surface area contributed by atoms with Crippen LogP contribution in [-0.4, -0.2) is 83.6 Å². The van der Waals surface area contributed by atoms with Crippen LogP contribution in [0.4, 0.5) is 37.6 Å². The number of halogens is 6. The summed E-state index contributed by atoms with van der Waals surface area (Å²) < 4.78 is 93.4. The molecule has 3 aliphatic rings. The van der Waals surface area contributed by atoms with Gasteiger partial charge in [-0.1, -0.05) is 29.8 Å². The van der Waals surface area contributed by atoms with E-state index in [1.807, 2.05) is 11.0 Å². The van der Waals surface area contributed by atoms with Gasteiger partial charge in [-0.05, 0) is 58.7 Å². The number of carbonyl (C=O) groups excluding carboxylic acids is 1. The van der Waals surface area contributed by atoms with Gasteiger partial charge in [0.1, 0.15) is 53.2 Å². The number of nitriles is 1. The molecule has 7 rings (SSSR count). The highest BCUT2D eigenvalue weighted by molar-refractivity contribution is 7.23. The lowest BCUT2D eigenvalue weighted by atomic mass is 9.95. The third kappa shape index (κ3) is 6.75. The van der Waals surface area contributed by atoms with E-state index < -0.39 is 59.6 Å². The van der Waals surface area contributed by atoms with Crippen molar-refractivity contribution >= 4 is 60.8 Å². The Bertz CT molecular complexity index is 2230. The Kier molecular flexibility index (Phi) is 10.0. The van der Waals surface area contributed by atoms with Crippen LogP contribution in [0.2, 0.25) is 5.02 Å². The zero-order valence-corrected chi connectivity index (χ0v) is 31.3. The number of aromatic nitrogens is 2. The first-order valence-electron chi connectivity index (χ1n) is 17.3. The largest absolute Gasteiger partial charge is 0.489 e. The third-order valence-corrected chi connectivity index (χ3v) is 11.3. The van der Waals surface area contributed by atoms with Crippen molar-refractivity contribution in [2.75, 3.05) is 43.1 Å². The lowest BCUT2D eigenvalue weighted by Gasteiger charge is -2.31. The maximum atomic E-state index is 17.4. The molecule has 17 heteroatoms. The van der Waals surface area contributed by atoms with Gasteiger partial charge >= 0.3 is 12.1 Å². The Morgan fingerprint density at radius 2 is 2.06 bits per heavy atom. The van der Waals surface area contributed by atoms with Crippen molar-refractivity contribution in [1.82, 2.24) is 14.9 Å². The molecule has 2 fully saturated rings. The number of nitrogens with one attached hydrogen (secondary N) is 1. The summed E-state index contributed by atoms with van der Waals surface area (Å²) in [6, 6.07) is 3.17. The van der Waals surface area contributed by atoms with Crippen molar-refractivity contribution in [2.45, 2.75) is 76.7 Å². The average molecular weight is 791 g/mol. The van der Waals surface area contributed by atoms with Gasteiger partial charge in [0, 0.05) is 23.9 Å². The molecule has 10 nitrogen and oxygen atoms in total. The fourth-order valence-corrected chi connectivity index (χ4v) is 9.07. The summed E-state index contributed by atoms with van der Waals surface area (Å²) in [6.45, 7) is 6.57. The van der Waals surface area contributed by atoms with Crippen LogP contribution in [0.1, 0.15) is 52.5 Å². The van der Waals surface area contributed by atoms with Gasteiger partial charge in [-0.3, -0.25) is 10.2 Å². The van der Waals surface area contributed by atoms with E-state index in [0.717, 1.165) is 23.8 Å². The van der Waals surface area contributed by atoms with E-state index in [4.69, 9.17) is 25.8 Å². The molecule has 0 spiro atoms. The maximum Gasteiger partial charge on any atom is 0.412 e. The molecule has 3 aliphatic heterocycles. The number of nitrogens with zero attached hydrogens (tertiary/aromatic N) is 5. The van der Waals surface area contributed by atoms with Crippen LogP contribution in [0, 0.1) is 23.0 Å². The molecule has 5 heterocycles. The van der Waals surface area contributed by atoms with Crippen molar-refractivity contribution in [3.8, 4) is 29.0 Å². The molecule has 0 bridgehead atoms. The van der Waals surface area contributed by atoms with E-state index >= 15 is 8.78 Å².